The molecule has 5 nitrogen and oxygen atoms in total. The highest BCUT2D eigenvalue weighted by atomic mass is 16.5. The summed E-state index contributed by atoms with van der Waals surface area (Å²) in [5, 5.41) is 13.4. The Kier molecular flexibility index (Phi) is 6.17. The maximum Gasteiger partial charge on any atom is 0.304 e. The fourth-order valence-corrected chi connectivity index (χ4v) is 4.43. The zero-order valence-electron chi connectivity index (χ0n) is 18.8. The van der Waals surface area contributed by atoms with Crippen LogP contribution in [-0.2, 0) is 10.2 Å². The van der Waals surface area contributed by atoms with Crippen LogP contribution in [0.4, 0.5) is 5.69 Å². The van der Waals surface area contributed by atoms with Crippen molar-refractivity contribution < 1.29 is 14.4 Å². The second-order valence-electron chi connectivity index (χ2n) is 8.80. The van der Waals surface area contributed by atoms with Gasteiger partial charge < -0.3 is 14.5 Å². The van der Waals surface area contributed by atoms with E-state index in [4.69, 9.17) is 4.52 Å². The highest BCUT2D eigenvalue weighted by Crippen LogP contribution is 2.51. The van der Waals surface area contributed by atoms with Crippen molar-refractivity contribution in [1.29, 1.82) is 0 Å². The fourth-order valence-electron chi connectivity index (χ4n) is 4.43. The summed E-state index contributed by atoms with van der Waals surface area (Å²) in [6, 6.07) is 16.6. The number of carboxylic acid groups (broad SMARTS) is 1. The molecule has 1 aliphatic rings. The third-order valence-corrected chi connectivity index (χ3v) is 6.44. The number of rotatable bonds is 10. The van der Waals surface area contributed by atoms with E-state index in [0.717, 1.165) is 71.6 Å². The molecule has 0 radical (unpaired) electrons. The summed E-state index contributed by atoms with van der Waals surface area (Å²) in [4.78, 5) is 13.4. The predicted octanol–water partition coefficient (Wildman–Crippen LogP) is 6.23. The molecule has 1 aromatic heterocycles. The van der Waals surface area contributed by atoms with Crippen LogP contribution in [-0.4, -0.2) is 29.8 Å². The van der Waals surface area contributed by atoms with Crippen LogP contribution in [0.25, 0.3) is 22.5 Å². The van der Waals surface area contributed by atoms with Gasteiger partial charge in [0.15, 0.2) is 5.76 Å². The van der Waals surface area contributed by atoms with Crippen molar-refractivity contribution in [2.24, 2.45) is 0 Å². The highest BCUT2D eigenvalue weighted by Gasteiger charge is 2.45. The SMILES string of the molecule is C=CCCCN(C)c1c(C)noc1-c1ccc(-c2ccc(C3(CC(=O)O)CC3)cc2)cc1. The van der Waals surface area contributed by atoms with Gasteiger partial charge in [-0.15, -0.1) is 6.58 Å². The molecule has 0 unspecified atom stereocenters. The zero-order valence-corrected chi connectivity index (χ0v) is 18.8. The van der Waals surface area contributed by atoms with Gasteiger partial charge in [0.2, 0.25) is 0 Å². The monoisotopic (exact) mass is 430 g/mol. The Morgan fingerprint density at radius 1 is 1.12 bits per heavy atom. The average Bonchev–Trinajstić information content (AvgIpc) is 3.46. The van der Waals surface area contributed by atoms with E-state index in [1.54, 1.807) is 0 Å². The van der Waals surface area contributed by atoms with Crippen molar-refractivity contribution in [3.05, 3.63) is 72.4 Å². The van der Waals surface area contributed by atoms with Gasteiger partial charge in [0.25, 0.3) is 0 Å². The molecule has 1 aliphatic carbocycles. The predicted molar refractivity (Wildman–Crippen MR) is 128 cm³/mol. The Labute approximate surface area is 189 Å². The summed E-state index contributed by atoms with van der Waals surface area (Å²) in [5.74, 6) is 0.0605. The lowest BCUT2D eigenvalue weighted by Gasteiger charge is -2.19. The van der Waals surface area contributed by atoms with E-state index in [9.17, 15) is 9.90 Å². The van der Waals surface area contributed by atoms with E-state index in [2.05, 4.69) is 72.2 Å². The number of aromatic nitrogens is 1. The third-order valence-electron chi connectivity index (χ3n) is 6.44. The Morgan fingerprint density at radius 3 is 2.28 bits per heavy atom. The number of unbranched alkanes of at least 4 members (excludes halogenated alkanes) is 1. The number of hydrogen-bond donors (Lipinski definition) is 1. The number of aryl methyl sites for hydroxylation is 1. The summed E-state index contributed by atoms with van der Waals surface area (Å²) in [6.45, 7) is 6.68. The topological polar surface area (TPSA) is 66.6 Å². The maximum absolute atomic E-state index is 11.2. The number of carbonyl (C=O) groups is 1. The van der Waals surface area contributed by atoms with Crippen LogP contribution in [0.1, 0.15) is 43.4 Å². The van der Waals surface area contributed by atoms with Crippen molar-refractivity contribution in [3.63, 3.8) is 0 Å². The van der Waals surface area contributed by atoms with Gasteiger partial charge in [-0.1, -0.05) is 59.8 Å². The quantitative estimate of drug-likeness (QED) is 0.305. The number of benzene rings is 2. The number of allylic oxidation sites excluding steroid dienone is 1. The number of anilines is 1. The molecule has 0 saturated heterocycles. The Hall–Kier alpha value is -3.34. The molecule has 4 rings (SSSR count). The van der Waals surface area contributed by atoms with Crippen LogP contribution in [0, 0.1) is 6.92 Å². The van der Waals surface area contributed by atoms with Gasteiger partial charge >= 0.3 is 5.97 Å². The molecule has 3 aromatic rings. The first-order valence-corrected chi connectivity index (χ1v) is 11.1. The van der Waals surface area contributed by atoms with Crippen LogP contribution >= 0.6 is 0 Å². The third kappa shape index (κ3) is 4.47. The van der Waals surface area contributed by atoms with Gasteiger partial charge in [-0.3, -0.25) is 4.79 Å². The van der Waals surface area contributed by atoms with Crippen molar-refractivity contribution in [1.82, 2.24) is 5.16 Å². The molecular weight excluding hydrogens is 400 g/mol. The van der Waals surface area contributed by atoms with Crippen LogP contribution in [0.15, 0.2) is 65.7 Å². The van der Waals surface area contributed by atoms with Gasteiger partial charge in [0.05, 0.1) is 6.42 Å². The molecule has 0 atom stereocenters. The molecule has 1 heterocycles. The molecule has 0 bridgehead atoms. The van der Waals surface area contributed by atoms with Gasteiger partial charge in [-0.05, 0) is 49.3 Å². The maximum atomic E-state index is 11.2. The van der Waals surface area contributed by atoms with E-state index >= 15 is 0 Å². The highest BCUT2D eigenvalue weighted by molar-refractivity contribution is 5.77. The van der Waals surface area contributed by atoms with Crippen molar-refractivity contribution in [2.45, 2.75) is 44.4 Å². The summed E-state index contributed by atoms with van der Waals surface area (Å²) in [7, 11) is 2.07. The van der Waals surface area contributed by atoms with E-state index in [-0.39, 0.29) is 11.8 Å². The molecule has 166 valence electrons. The number of hydrogen-bond acceptors (Lipinski definition) is 4. The minimum absolute atomic E-state index is 0.160. The smallest absolute Gasteiger partial charge is 0.304 e. The van der Waals surface area contributed by atoms with Crippen LogP contribution in [0.2, 0.25) is 0 Å². The molecule has 1 N–H and O–H groups in total. The molecule has 2 aromatic carbocycles. The molecule has 1 fully saturated rings. The molecule has 1 saturated carbocycles. The van der Waals surface area contributed by atoms with Crippen LogP contribution in [0.3, 0.4) is 0 Å². The van der Waals surface area contributed by atoms with Gasteiger partial charge in [-0.2, -0.15) is 0 Å². The lowest BCUT2D eigenvalue weighted by molar-refractivity contribution is -0.137. The zero-order chi connectivity index (χ0) is 22.7. The van der Waals surface area contributed by atoms with Gasteiger partial charge in [0.1, 0.15) is 11.4 Å². The average molecular weight is 431 g/mol. The molecule has 0 amide bonds. The number of nitrogens with zero attached hydrogens (tertiary/aromatic N) is 2. The Morgan fingerprint density at radius 2 is 1.72 bits per heavy atom. The number of aliphatic carboxylic acids is 1. The van der Waals surface area contributed by atoms with Gasteiger partial charge in [0, 0.05) is 24.6 Å². The van der Waals surface area contributed by atoms with Gasteiger partial charge in [-0.25, -0.2) is 0 Å². The van der Waals surface area contributed by atoms with Crippen molar-refractivity contribution in [2.75, 3.05) is 18.5 Å². The molecule has 32 heavy (non-hydrogen) atoms. The van der Waals surface area contributed by atoms with E-state index in [1.807, 2.05) is 13.0 Å². The van der Waals surface area contributed by atoms with Crippen molar-refractivity contribution in [3.8, 4) is 22.5 Å². The van der Waals surface area contributed by atoms with E-state index in [1.165, 1.54) is 0 Å². The fraction of sp³-hybridized carbons (Fsp3) is 0.333. The summed E-state index contributed by atoms with van der Waals surface area (Å²) < 4.78 is 5.69. The standard InChI is InChI=1S/C27H30N2O3/c1-4-5-6-17-29(3)25-19(2)28-32-26(25)22-9-7-20(8-10-22)21-11-13-23(14-12-21)27(15-16-27)18-24(30)31/h4,7-14H,1,5-6,15-18H2,2-3H3,(H,30,31). The molecular formula is C27H30N2O3. The van der Waals surface area contributed by atoms with Crippen LogP contribution in [0.5, 0.6) is 0 Å². The first kappa shape index (κ1) is 21.9. The first-order valence-electron chi connectivity index (χ1n) is 11.1. The van der Waals surface area contributed by atoms with Crippen LogP contribution < -0.4 is 4.90 Å². The summed E-state index contributed by atoms with van der Waals surface area (Å²) in [5.41, 5.74) is 6.10. The lowest BCUT2D eigenvalue weighted by Crippen LogP contribution is -2.19. The summed E-state index contributed by atoms with van der Waals surface area (Å²) >= 11 is 0. The first-order chi connectivity index (χ1) is 15.4. The second-order valence-corrected chi connectivity index (χ2v) is 8.80. The second kappa shape index (κ2) is 9.03. The minimum Gasteiger partial charge on any atom is -0.481 e. The largest absolute Gasteiger partial charge is 0.481 e. The van der Waals surface area contributed by atoms with E-state index in [0.29, 0.717) is 0 Å². The molecule has 5 heteroatoms. The Bertz CT molecular complexity index is 1090. The van der Waals surface area contributed by atoms with E-state index < -0.39 is 5.97 Å². The molecule has 0 spiro atoms. The lowest BCUT2D eigenvalue weighted by atomic mass is 9.91. The summed E-state index contributed by atoms with van der Waals surface area (Å²) in [6.07, 6.45) is 6.07. The Balaban J connectivity index is 1.52. The molecule has 0 aliphatic heterocycles. The number of carboxylic acids is 1. The normalized spacial score (nSPS) is 14.2. The van der Waals surface area contributed by atoms with Crippen molar-refractivity contribution >= 4 is 11.7 Å². The minimum atomic E-state index is -0.726.